The Hall–Kier alpha value is -3.87. The van der Waals surface area contributed by atoms with E-state index in [1.807, 2.05) is 39.0 Å². The Labute approximate surface area is 242 Å². The fourth-order valence-corrected chi connectivity index (χ4v) is 3.86. The molecule has 0 heterocycles. The van der Waals surface area contributed by atoms with E-state index in [1.165, 1.54) is 6.92 Å². The number of nitrogens with one attached hydrogen (secondary N) is 4. The van der Waals surface area contributed by atoms with Crippen molar-refractivity contribution in [3.8, 4) is 0 Å². The van der Waals surface area contributed by atoms with Crippen LogP contribution in [-0.4, -0.2) is 72.2 Å². The number of ether oxygens (including phenoxy) is 1. The van der Waals surface area contributed by atoms with E-state index in [-0.39, 0.29) is 43.8 Å². The van der Waals surface area contributed by atoms with Gasteiger partial charge < -0.3 is 42.6 Å². The van der Waals surface area contributed by atoms with Crippen LogP contribution in [0.15, 0.2) is 35.3 Å². The summed E-state index contributed by atoms with van der Waals surface area (Å²) < 4.78 is 5.24. The van der Waals surface area contributed by atoms with E-state index in [1.54, 1.807) is 12.1 Å². The number of aliphatic hydroxyl groups is 1. The molecule has 0 aliphatic carbocycles. The van der Waals surface area contributed by atoms with Gasteiger partial charge in [-0.3, -0.25) is 19.4 Å². The largest absolute Gasteiger partial charge is 0.445 e. The van der Waals surface area contributed by atoms with Crippen molar-refractivity contribution in [2.45, 2.75) is 90.6 Å². The number of guanidine groups is 1. The molecule has 230 valence electrons. The molecule has 1 aromatic rings. The van der Waals surface area contributed by atoms with Crippen molar-refractivity contribution in [2.75, 3.05) is 13.1 Å². The second kappa shape index (κ2) is 19.2. The van der Waals surface area contributed by atoms with Crippen molar-refractivity contribution in [1.29, 1.82) is 0 Å². The maximum absolute atomic E-state index is 13.1. The van der Waals surface area contributed by atoms with E-state index in [4.69, 9.17) is 16.2 Å². The molecule has 1 rings (SSSR count). The number of alkyl carbamates (subject to hydrolysis) is 1. The lowest BCUT2D eigenvalue weighted by Crippen LogP contribution is -2.55. The van der Waals surface area contributed by atoms with Gasteiger partial charge in [0.05, 0.1) is 18.6 Å². The predicted molar refractivity (Wildman–Crippen MR) is 156 cm³/mol. The summed E-state index contributed by atoms with van der Waals surface area (Å²) in [7, 11) is 0. The van der Waals surface area contributed by atoms with Crippen molar-refractivity contribution in [3.63, 3.8) is 0 Å². The molecule has 0 saturated carbocycles. The van der Waals surface area contributed by atoms with Gasteiger partial charge in [-0.05, 0) is 44.1 Å². The van der Waals surface area contributed by atoms with Gasteiger partial charge in [0.15, 0.2) is 5.96 Å². The van der Waals surface area contributed by atoms with E-state index in [2.05, 4.69) is 26.3 Å². The van der Waals surface area contributed by atoms with Crippen LogP contribution in [0.2, 0.25) is 0 Å². The summed E-state index contributed by atoms with van der Waals surface area (Å²) in [4.78, 5) is 54.5. The molecular formula is C28H47N7O6. The maximum Gasteiger partial charge on any atom is 0.408 e. The summed E-state index contributed by atoms with van der Waals surface area (Å²) in [5.41, 5.74) is 11.5. The first kappa shape index (κ1) is 35.2. The van der Waals surface area contributed by atoms with Crippen LogP contribution in [0.5, 0.6) is 0 Å². The highest BCUT2D eigenvalue weighted by Gasteiger charge is 2.29. The topological polar surface area (TPSA) is 210 Å². The number of aliphatic hydroxyl groups excluding tert-OH is 1. The Morgan fingerprint density at radius 2 is 1.68 bits per heavy atom. The van der Waals surface area contributed by atoms with Gasteiger partial charge in [0.25, 0.3) is 0 Å². The molecule has 13 nitrogen and oxygen atoms in total. The fraction of sp³-hybridized carbons (Fsp3) is 0.607. The monoisotopic (exact) mass is 577 g/mol. The molecule has 13 heteroatoms. The standard InChI is InChI=1S/C28H47N7O6/c1-5-13-31-24(37)16-23(36)22(15-18(2)3)34-25(38)19(4)33-26(39)21(12-9-14-32-27(29)30)35-28(40)41-17-20-10-7-6-8-11-20/h6-8,10-11,18-19,21-23,36H,5,9,12-17H2,1-4H3,(H,31,37)(H,33,39)(H,34,38)(H,35,40)(H4,29,30,32)/t19-,21-,22-,23-/m0/s1. The Morgan fingerprint density at radius 1 is 1.00 bits per heavy atom. The number of amides is 4. The molecule has 0 radical (unpaired) electrons. The van der Waals surface area contributed by atoms with Crippen molar-refractivity contribution in [1.82, 2.24) is 21.3 Å². The van der Waals surface area contributed by atoms with Gasteiger partial charge in [-0.25, -0.2) is 4.79 Å². The summed E-state index contributed by atoms with van der Waals surface area (Å²) in [5.74, 6) is -1.42. The maximum atomic E-state index is 13.1. The SMILES string of the molecule is CCCNC(=O)C[C@H](O)[C@H](CC(C)C)NC(=O)[C@H](C)NC(=O)[C@H](CCCN=C(N)N)NC(=O)OCc1ccccc1. The molecule has 1 aromatic carbocycles. The zero-order chi connectivity index (χ0) is 30.8. The Kier molecular flexibility index (Phi) is 16.5. The summed E-state index contributed by atoms with van der Waals surface area (Å²) in [5, 5.41) is 21.3. The van der Waals surface area contributed by atoms with Gasteiger partial charge in [-0.15, -0.1) is 0 Å². The molecule has 0 fully saturated rings. The van der Waals surface area contributed by atoms with Gasteiger partial charge in [0, 0.05) is 13.1 Å². The average molecular weight is 578 g/mol. The van der Waals surface area contributed by atoms with Crippen molar-refractivity contribution in [2.24, 2.45) is 22.4 Å². The average Bonchev–Trinajstić information content (AvgIpc) is 2.91. The zero-order valence-electron chi connectivity index (χ0n) is 24.5. The molecule has 0 unspecified atom stereocenters. The minimum atomic E-state index is -1.11. The second-order valence-corrected chi connectivity index (χ2v) is 10.3. The molecule has 4 amide bonds. The highest BCUT2D eigenvalue weighted by atomic mass is 16.5. The number of rotatable bonds is 18. The summed E-state index contributed by atoms with van der Waals surface area (Å²) in [6.45, 7) is 8.04. The molecule has 0 spiro atoms. The molecule has 9 N–H and O–H groups in total. The molecule has 0 aliphatic heterocycles. The number of nitrogens with two attached hydrogens (primary N) is 2. The first-order chi connectivity index (χ1) is 19.4. The normalized spacial score (nSPS) is 13.7. The number of aliphatic imine (C=N–C) groups is 1. The highest BCUT2D eigenvalue weighted by molar-refractivity contribution is 5.91. The molecule has 0 saturated heterocycles. The number of carbonyl (C=O) groups excluding carboxylic acids is 4. The van der Waals surface area contributed by atoms with E-state index in [9.17, 15) is 24.3 Å². The molecule has 0 aliphatic rings. The van der Waals surface area contributed by atoms with Crippen molar-refractivity contribution >= 4 is 29.8 Å². The third-order valence-electron chi connectivity index (χ3n) is 6.00. The van der Waals surface area contributed by atoms with Crippen LogP contribution in [0.1, 0.15) is 65.4 Å². The first-order valence-corrected chi connectivity index (χ1v) is 14.0. The lowest BCUT2D eigenvalue weighted by atomic mass is 9.96. The third-order valence-corrected chi connectivity index (χ3v) is 6.00. The van der Waals surface area contributed by atoms with Gasteiger partial charge in [0.1, 0.15) is 18.7 Å². The van der Waals surface area contributed by atoms with E-state index in [0.717, 1.165) is 12.0 Å². The van der Waals surface area contributed by atoms with Gasteiger partial charge in [-0.1, -0.05) is 51.1 Å². The van der Waals surface area contributed by atoms with Crippen LogP contribution in [0.4, 0.5) is 4.79 Å². The summed E-state index contributed by atoms with van der Waals surface area (Å²) in [6, 6.07) is 6.35. The van der Waals surface area contributed by atoms with Crippen LogP contribution in [-0.2, 0) is 25.7 Å². The van der Waals surface area contributed by atoms with E-state index in [0.29, 0.717) is 19.4 Å². The lowest BCUT2D eigenvalue weighted by molar-refractivity contribution is -0.131. The van der Waals surface area contributed by atoms with Crippen LogP contribution < -0.4 is 32.7 Å². The van der Waals surface area contributed by atoms with Crippen LogP contribution >= 0.6 is 0 Å². The van der Waals surface area contributed by atoms with Gasteiger partial charge in [-0.2, -0.15) is 0 Å². The van der Waals surface area contributed by atoms with Crippen molar-refractivity contribution in [3.05, 3.63) is 35.9 Å². The third kappa shape index (κ3) is 15.5. The number of hydrogen-bond donors (Lipinski definition) is 7. The molecule has 41 heavy (non-hydrogen) atoms. The molecule has 4 atom stereocenters. The summed E-state index contributed by atoms with van der Waals surface area (Å²) in [6.07, 6.45) is -0.320. The van der Waals surface area contributed by atoms with Crippen molar-refractivity contribution < 1.29 is 29.0 Å². The zero-order valence-corrected chi connectivity index (χ0v) is 24.5. The Morgan fingerprint density at radius 3 is 2.29 bits per heavy atom. The Bertz CT molecular complexity index is 985. The second-order valence-electron chi connectivity index (χ2n) is 10.3. The lowest BCUT2D eigenvalue weighted by Gasteiger charge is -2.27. The summed E-state index contributed by atoms with van der Waals surface area (Å²) >= 11 is 0. The van der Waals surface area contributed by atoms with Crippen LogP contribution in [0.3, 0.4) is 0 Å². The minimum absolute atomic E-state index is 0.0177. The van der Waals surface area contributed by atoms with Crippen LogP contribution in [0.25, 0.3) is 0 Å². The predicted octanol–water partition coefficient (Wildman–Crippen LogP) is 0.648. The van der Waals surface area contributed by atoms with E-state index < -0.39 is 42.1 Å². The quantitative estimate of drug-likeness (QED) is 0.0746. The van der Waals surface area contributed by atoms with Gasteiger partial charge >= 0.3 is 6.09 Å². The minimum Gasteiger partial charge on any atom is -0.445 e. The van der Waals surface area contributed by atoms with E-state index >= 15 is 0 Å². The molecule has 0 bridgehead atoms. The smallest absolute Gasteiger partial charge is 0.408 e. The molecular weight excluding hydrogens is 530 g/mol. The highest BCUT2D eigenvalue weighted by Crippen LogP contribution is 2.12. The molecule has 0 aromatic heterocycles. The number of hydrogen-bond acceptors (Lipinski definition) is 7. The van der Waals surface area contributed by atoms with Gasteiger partial charge in [0.2, 0.25) is 17.7 Å². The number of benzene rings is 1. The first-order valence-electron chi connectivity index (χ1n) is 14.0. The van der Waals surface area contributed by atoms with Crippen LogP contribution in [0, 0.1) is 5.92 Å². The number of carbonyl (C=O) groups is 4. The number of nitrogens with zero attached hydrogens (tertiary/aromatic N) is 1. The Balaban J connectivity index is 2.82. The fourth-order valence-electron chi connectivity index (χ4n) is 3.86.